The van der Waals surface area contributed by atoms with Crippen LogP contribution in [0.15, 0.2) is 9.70 Å². The minimum absolute atomic E-state index is 0.138. The van der Waals surface area contributed by atoms with Crippen molar-refractivity contribution >= 4 is 46.1 Å². The molecule has 2 aliphatic rings. The zero-order valence-corrected chi connectivity index (χ0v) is 22.4. The summed E-state index contributed by atoms with van der Waals surface area (Å²) in [6.45, 7) is 11.3. The molecule has 0 radical (unpaired) electrons. The Morgan fingerprint density at radius 2 is 1.91 bits per heavy atom. The van der Waals surface area contributed by atoms with Gasteiger partial charge in [0.2, 0.25) is 0 Å². The molecule has 0 aromatic carbocycles. The minimum atomic E-state index is -0.251. The van der Waals surface area contributed by atoms with E-state index in [4.69, 9.17) is 17.0 Å². The van der Waals surface area contributed by atoms with Gasteiger partial charge in [-0.05, 0) is 43.2 Å². The summed E-state index contributed by atoms with van der Waals surface area (Å²) < 4.78 is 7.38. The lowest BCUT2D eigenvalue weighted by atomic mass is 9.91. The molecule has 2 atom stereocenters. The quantitative estimate of drug-likeness (QED) is 0.390. The van der Waals surface area contributed by atoms with Crippen LogP contribution < -0.4 is 10.5 Å². The van der Waals surface area contributed by atoms with Crippen molar-refractivity contribution in [1.29, 1.82) is 5.26 Å². The molecule has 0 saturated carbocycles. The number of unbranched alkanes of at least 4 members (excludes halogenated alkanes) is 1. The summed E-state index contributed by atoms with van der Waals surface area (Å²) >= 11 is 6.71. The Kier molecular flexibility index (Phi) is 8.96. The number of aromatic nitrogens is 1. The van der Waals surface area contributed by atoms with Crippen LogP contribution in [-0.2, 0) is 16.1 Å². The van der Waals surface area contributed by atoms with Crippen LogP contribution >= 0.6 is 24.0 Å². The normalized spacial score (nSPS) is 22.1. The van der Waals surface area contributed by atoms with Crippen molar-refractivity contribution in [2.24, 2.45) is 11.8 Å². The van der Waals surface area contributed by atoms with Crippen LogP contribution in [-0.4, -0.2) is 53.0 Å². The van der Waals surface area contributed by atoms with Gasteiger partial charge in [0, 0.05) is 32.3 Å². The van der Waals surface area contributed by atoms with Crippen LogP contribution in [0.1, 0.15) is 56.7 Å². The number of pyridine rings is 1. The molecule has 2 fully saturated rings. The van der Waals surface area contributed by atoms with Gasteiger partial charge in [0.25, 0.3) is 11.5 Å². The minimum Gasteiger partial charge on any atom is -0.383 e. The van der Waals surface area contributed by atoms with Gasteiger partial charge in [0.15, 0.2) is 0 Å². The number of anilines is 1. The van der Waals surface area contributed by atoms with E-state index in [-0.39, 0.29) is 17.0 Å². The van der Waals surface area contributed by atoms with Crippen molar-refractivity contribution < 1.29 is 9.53 Å². The third-order valence-electron chi connectivity index (χ3n) is 6.42. The molecule has 1 amide bonds. The largest absolute Gasteiger partial charge is 0.383 e. The number of hydrogen-bond donors (Lipinski definition) is 0. The van der Waals surface area contributed by atoms with E-state index in [9.17, 15) is 14.9 Å². The summed E-state index contributed by atoms with van der Waals surface area (Å²) in [4.78, 5) is 30.9. The fourth-order valence-electron chi connectivity index (χ4n) is 4.85. The van der Waals surface area contributed by atoms with E-state index in [1.165, 1.54) is 11.8 Å². The number of amides is 1. The van der Waals surface area contributed by atoms with Gasteiger partial charge in [-0.2, -0.15) is 5.26 Å². The number of carbonyl (C=O) groups is 1. The predicted octanol–water partition coefficient (Wildman–Crippen LogP) is 4.16. The summed E-state index contributed by atoms with van der Waals surface area (Å²) in [5.74, 6) is 1.61. The van der Waals surface area contributed by atoms with Crippen molar-refractivity contribution in [2.45, 2.75) is 53.5 Å². The van der Waals surface area contributed by atoms with Crippen molar-refractivity contribution in [2.75, 3.05) is 38.3 Å². The molecular formula is C25H34N4O3S2. The molecule has 9 heteroatoms. The fraction of sp³-hybridized carbons (Fsp3) is 0.600. The first kappa shape index (κ1) is 26.5. The van der Waals surface area contributed by atoms with Crippen LogP contribution in [0.3, 0.4) is 0 Å². The summed E-state index contributed by atoms with van der Waals surface area (Å²) in [6.07, 6.45) is 4.74. The zero-order chi connectivity index (χ0) is 25.0. The summed E-state index contributed by atoms with van der Waals surface area (Å²) in [7, 11) is 1.59. The van der Waals surface area contributed by atoms with Crippen molar-refractivity contribution in [3.8, 4) is 6.07 Å². The second-order valence-corrected chi connectivity index (χ2v) is 11.0. The molecule has 2 aliphatic heterocycles. The Labute approximate surface area is 211 Å². The molecule has 0 aliphatic carbocycles. The number of hydrogen-bond acceptors (Lipinski definition) is 7. The Morgan fingerprint density at radius 3 is 2.50 bits per heavy atom. The lowest BCUT2D eigenvalue weighted by Crippen LogP contribution is -2.43. The zero-order valence-electron chi connectivity index (χ0n) is 20.7. The average Bonchev–Trinajstić information content (AvgIpc) is 3.05. The summed E-state index contributed by atoms with van der Waals surface area (Å²) in [5, 5.41) is 9.84. The van der Waals surface area contributed by atoms with Gasteiger partial charge in [0.05, 0.1) is 18.1 Å². The highest BCUT2D eigenvalue weighted by molar-refractivity contribution is 8.26. The van der Waals surface area contributed by atoms with Gasteiger partial charge in [-0.15, -0.1) is 0 Å². The number of rotatable bonds is 8. The number of methoxy groups -OCH3 is 1. The summed E-state index contributed by atoms with van der Waals surface area (Å²) in [6, 6.07) is 2.12. The number of piperidine rings is 1. The predicted molar refractivity (Wildman–Crippen MR) is 142 cm³/mol. The SMILES string of the molecule is CCCCn1c(N2CC(C)CC(C)C2)c(/C=C2\SC(=S)N(CCOC)C2=O)c(C)c(C#N)c1=O. The number of thiocarbonyl (C=S) groups is 1. The maximum Gasteiger partial charge on any atom is 0.270 e. The first-order valence-corrected chi connectivity index (χ1v) is 13.1. The molecule has 1 aromatic rings. The maximum atomic E-state index is 13.4. The lowest BCUT2D eigenvalue weighted by Gasteiger charge is -2.39. The smallest absolute Gasteiger partial charge is 0.270 e. The molecule has 34 heavy (non-hydrogen) atoms. The van der Waals surface area contributed by atoms with Crippen LogP contribution in [0.2, 0.25) is 0 Å². The van der Waals surface area contributed by atoms with Crippen molar-refractivity contribution in [3.05, 3.63) is 31.9 Å². The Bertz CT molecular complexity index is 1080. The standard InChI is InChI=1S/C25H34N4O3S2/c1-6-7-8-28-22(27-14-16(2)11-17(3)15-27)19(18(4)20(13-26)23(28)30)12-21-24(31)29(9-10-32-5)25(33)34-21/h12,16-17H,6-11,14-15H2,1-5H3/b21-12-. The van der Waals surface area contributed by atoms with E-state index in [0.717, 1.165) is 43.7 Å². The van der Waals surface area contributed by atoms with Crippen LogP contribution in [0.25, 0.3) is 6.08 Å². The Hall–Kier alpha value is -2.15. The monoisotopic (exact) mass is 502 g/mol. The van der Waals surface area contributed by atoms with E-state index < -0.39 is 0 Å². The highest BCUT2D eigenvalue weighted by Crippen LogP contribution is 2.37. The van der Waals surface area contributed by atoms with E-state index >= 15 is 0 Å². The van der Waals surface area contributed by atoms with Crippen LogP contribution in [0.4, 0.5) is 5.82 Å². The third-order valence-corrected chi connectivity index (χ3v) is 7.80. The molecule has 0 spiro atoms. The second kappa shape index (κ2) is 11.5. The fourth-order valence-corrected chi connectivity index (χ4v) is 6.14. The molecule has 2 saturated heterocycles. The number of thioether (sulfide) groups is 1. The van der Waals surface area contributed by atoms with Gasteiger partial charge < -0.3 is 9.64 Å². The van der Waals surface area contributed by atoms with E-state index in [1.807, 2.05) is 13.0 Å². The molecule has 3 rings (SSSR count). The maximum absolute atomic E-state index is 13.4. The number of ether oxygens (including phenoxy) is 1. The van der Waals surface area contributed by atoms with E-state index in [0.29, 0.717) is 46.3 Å². The second-order valence-electron chi connectivity index (χ2n) is 9.34. The van der Waals surface area contributed by atoms with Crippen molar-refractivity contribution in [3.63, 3.8) is 0 Å². The number of nitriles is 1. The highest BCUT2D eigenvalue weighted by atomic mass is 32.2. The number of nitrogens with zero attached hydrogens (tertiary/aromatic N) is 4. The van der Waals surface area contributed by atoms with Crippen molar-refractivity contribution in [1.82, 2.24) is 9.47 Å². The topological polar surface area (TPSA) is 78.6 Å². The van der Waals surface area contributed by atoms with E-state index in [2.05, 4.69) is 31.7 Å². The van der Waals surface area contributed by atoms with Gasteiger partial charge in [-0.25, -0.2) is 0 Å². The van der Waals surface area contributed by atoms with Gasteiger partial charge in [-0.3, -0.25) is 19.1 Å². The van der Waals surface area contributed by atoms with E-state index in [1.54, 1.807) is 16.6 Å². The highest BCUT2D eigenvalue weighted by Gasteiger charge is 2.34. The average molecular weight is 503 g/mol. The molecule has 3 heterocycles. The molecule has 7 nitrogen and oxygen atoms in total. The van der Waals surface area contributed by atoms with Crippen LogP contribution in [0, 0.1) is 30.1 Å². The Morgan fingerprint density at radius 1 is 1.24 bits per heavy atom. The van der Waals surface area contributed by atoms with Gasteiger partial charge >= 0.3 is 0 Å². The molecule has 0 bridgehead atoms. The molecular weight excluding hydrogens is 468 g/mol. The Balaban J connectivity index is 2.22. The first-order valence-electron chi connectivity index (χ1n) is 11.9. The molecule has 184 valence electrons. The lowest BCUT2D eigenvalue weighted by molar-refractivity contribution is -0.122. The number of carbonyl (C=O) groups excluding carboxylic acids is 1. The van der Waals surface area contributed by atoms with Gasteiger partial charge in [0.1, 0.15) is 21.8 Å². The first-order chi connectivity index (χ1) is 16.2. The third kappa shape index (κ3) is 5.40. The molecule has 2 unspecified atom stereocenters. The molecule has 1 aromatic heterocycles. The summed E-state index contributed by atoms with van der Waals surface area (Å²) in [5.41, 5.74) is 1.27. The van der Waals surface area contributed by atoms with Crippen LogP contribution in [0.5, 0.6) is 0 Å². The van der Waals surface area contributed by atoms with Gasteiger partial charge in [-0.1, -0.05) is 51.2 Å². The molecule has 0 N–H and O–H groups in total.